The predicted octanol–water partition coefficient (Wildman–Crippen LogP) is 2.68. The highest BCUT2D eigenvalue weighted by Crippen LogP contribution is 2.58. The Morgan fingerprint density at radius 2 is 2.20 bits per heavy atom. The van der Waals surface area contributed by atoms with E-state index in [4.69, 9.17) is 16.3 Å². The summed E-state index contributed by atoms with van der Waals surface area (Å²) in [5.41, 5.74) is 0.868. The minimum Gasteiger partial charge on any atom is -0.497 e. The molecule has 1 atom stereocenters. The van der Waals surface area contributed by atoms with E-state index < -0.39 is 0 Å². The number of halogens is 1. The zero-order chi connectivity index (χ0) is 14.2. The number of carbonyl (C=O) groups is 1. The van der Waals surface area contributed by atoms with Crippen LogP contribution < -0.4 is 15.4 Å². The Morgan fingerprint density at radius 3 is 2.90 bits per heavy atom. The number of benzene rings is 1. The fourth-order valence-electron chi connectivity index (χ4n) is 3.14. The number of hydrogen-bond donors (Lipinski definition) is 2. The van der Waals surface area contributed by atoms with Gasteiger partial charge in [0.15, 0.2) is 0 Å². The van der Waals surface area contributed by atoms with Crippen LogP contribution in [0.2, 0.25) is 5.02 Å². The minimum atomic E-state index is 0.0852. The van der Waals surface area contributed by atoms with Crippen LogP contribution in [0.3, 0.4) is 0 Å². The van der Waals surface area contributed by atoms with E-state index in [2.05, 4.69) is 10.6 Å². The molecule has 1 aromatic carbocycles. The second kappa shape index (κ2) is 5.26. The fraction of sp³-hybridized carbons (Fsp3) is 0.533. The molecule has 0 bridgehead atoms. The first-order valence-electron chi connectivity index (χ1n) is 7.00. The summed E-state index contributed by atoms with van der Waals surface area (Å²) in [6.45, 7) is 2.04. The lowest BCUT2D eigenvalue weighted by atomic mass is 9.92. The van der Waals surface area contributed by atoms with Crippen LogP contribution >= 0.6 is 11.6 Å². The molecule has 108 valence electrons. The number of methoxy groups -OCH3 is 1. The highest BCUT2D eigenvalue weighted by molar-refractivity contribution is 6.33. The smallest absolute Gasteiger partial charge is 0.228 e. The van der Waals surface area contributed by atoms with Crippen LogP contribution in [0.1, 0.15) is 19.3 Å². The van der Waals surface area contributed by atoms with Crippen molar-refractivity contribution in [2.45, 2.75) is 19.3 Å². The summed E-state index contributed by atoms with van der Waals surface area (Å²) in [4.78, 5) is 12.4. The van der Waals surface area contributed by atoms with Crippen LogP contribution in [0.15, 0.2) is 18.2 Å². The number of amides is 1. The van der Waals surface area contributed by atoms with E-state index in [0.29, 0.717) is 16.5 Å². The van der Waals surface area contributed by atoms with Gasteiger partial charge in [-0.15, -0.1) is 0 Å². The first-order chi connectivity index (χ1) is 9.64. The third-order valence-corrected chi connectivity index (χ3v) is 4.87. The van der Waals surface area contributed by atoms with Crippen molar-refractivity contribution in [1.82, 2.24) is 5.32 Å². The molecule has 2 fully saturated rings. The molecule has 4 nitrogen and oxygen atoms in total. The fourth-order valence-corrected chi connectivity index (χ4v) is 3.31. The molecule has 2 aliphatic rings. The first-order valence-corrected chi connectivity index (χ1v) is 7.37. The van der Waals surface area contributed by atoms with Crippen LogP contribution in [0.25, 0.3) is 0 Å². The summed E-state index contributed by atoms with van der Waals surface area (Å²) in [7, 11) is 1.60. The molecule has 1 unspecified atom stereocenters. The third-order valence-electron chi connectivity index (χ3n) is 4.54. The Bertz CT molecular complexity index is 527. The molecule has 1 saturated heterocycles. The van der Waals surface area contributed by atoms with Gasteiger partial charge in [-0.3, -0.25) is 4.79 Å². The van der Waals surface area contributed by atoms with Gasteiger partial charge in [0, 0.05) is 12.0 Å². The summed E-state index contributed by atoms with van der Waals surface area (Å²) >= 11 is 6.12. The van der Waals surface area contributed by atoms with Crippen molar-refractivity contribution in [2.75, 3.05) is 25.5 Å². The van der Waals surface area contributed by atoms with E-state index in [1.54, 1.807) is 25.3 Å². The molecule has 5 heteroatoms. The number of nitrogens with one attached hydrogen (secondary N) is 2. The van der Waals surface area contributed by atoms with Gasteiger partial charge in [-0.05, 0) is 49.9 Å². The maximum Gasteiger partial charge on any atom is 0.228 e. The van der Waals surface area contributed by atoms with Gasteiger partial charge >= 0.3 is 0 Å². The lowest BCUT2D eigenvalue weighted by molar-refractivity contribution is -0.118. The van der Waals surface area contributed by atoms with E-state index in [-0.39, 0.29) is 17.2 Å². The Hall–Kier alpha value is -1.26. The van der Waals surface area contributed by atoms with E-state index in [1.807, 2.05) is 0 Å². The van der Waals surface area contributed by atoms with Crippen LogP contribution in [0.4, 0.5) is 5.69 Å². The van der Waals surface area contributed by atoms with E-state index in [9.17, 15) is 4.79 Å². The molecular formula is C15H19ClN2O2. The maximum atomic E-state index is 12.4. The monoisotopic (exact) mass is 294 g/mol. The Morgan fingerprint density at radius 1 is 1.45 bits per heavy atom. The molecular weight excluding hydrogens is 276 g/mol. The lowest BCUT2D eigenvalue weighted by Gasteiger charge is -2.23. The van der Waals surface area contributed by atoms with Gasteiger partial charge in [0.05, 0.1) is 17.8 Å². The number of piperidine rings is 1. The highest BCUT2D eigenvalue weighted by atomic mass is 35.5. The zero-order valence-electron chi connectivity index (χ0n) is 11.5. The van der Waals surface area contributed by atoms with Crippen LogP contribution in [-0.4, -0.2) is 26.1 Å². The molecule has 20 heavy (non-hydrogen) atoms. The molecule has 1 saturated carbocycles. The van der Waals surface area contributed by atoms with Crippen molar-refractivity contribution in [3.8, 4) is 5.75 Å². The van der Waals surface area contributed by atoms with Crippen molar-refractivity contribution in [3.05, 3.63) is 23.2 Å². The average Bonchev–Trinajstić information content (AvgIpc) is 3.15. The van der Waals surface area contributed by atoms with Crippen LogP contribution in [0, 0.1) is 11.3 Å². The quantitative estimate of drug-likeness (QED) is 0.901. The molecule has 3 rings (SSSR count). The summed E-state index contributed by atoms with van der Waals surface area (Å²) in [6.07, 6.45) is 3.19. The maximum absolute atomic E-state index is 12.4. The first kappa shape index (κ1) is 13.7. The van der Waals surface area contributed by atoms with Gasteiger partial charge < -0.3 is 15.4 Å². The van der Waals surface area contributed by atoms with Gasteiger partial charge in [0.25, 0.3) is 0 Å². The standard InChI is InChI=1S/C15H19ClN2O2/c1-20-10-2-3-12(16)13(8-10)18-14(19)11-9-15(11)4-6-17-7-5-15/h2-3,8,11,17H,4-7,9H2,1H3,(H,18,19). The normalized spacial score (nSPS) is 23.4. The lowest BCUT2D eigenvalue weighted by Crippen LogP contribution is -2.31. The summed E-state index contributed by atoms with van der Waals surface area (Å²) < 4.78 is 5.16. The van der Waals surface area contributed by atoms with E-state index >= 15 is 0 Å². The van der Waals surface area contributed by atoms with Crippen molar-refractivity contribution in [2.24, 2.45) is 11.3 Å². The molecule has 1 aromatic rings. The number of ether oxygens (including phenoxy) is 1. The third kappa shape index (κ3) is 2.50. The zero-order valence-corrected chi connectivity index (χ0v) is 12.3. The summed E-state index contributed by atoms with van der Waals surface area (Å²) in [5, 5.41) is 6.83. The number of rotatable bonds is 3. The Labute approximate surface area is 123 Å². The van der Waals surface area contributed by atoms with Gasteiger partial charge in [0.2, 0.25) is 5.91 Å². The van der Waals surface area contributed by atoms with Crippen molar-refractivity contribution in [3.63, 3.8) is 0 Å². The molecule has 0 aromatic heterocycles. The van der Waals surface area contributed by atoms with Crippen LogP contribution in [-0.2, 0) is 4.79 Å². The van der Waals surface area contributed by atoms with Crippen molar-refractivity contribution in [1.29, 1.82) is 0 Å². The number of carbonyl (C=O) groups excluding carboxylic acids is 1. The second-order valence-corrected chi connectivity index (χ2v) is 6.11. The number of hydrogen-bond acceptors (Lipinski definition) is 3. The molecule has 1 spiro atoms. The largest absolute Gasteiger partial charge is 0.497 e. The Kier molecular flexibility index (Phi) is 3.61. The average molecular weight is 295 g/mol. The molecule has 1 amide bonds. The SMILES string of the molecule is COc1ccc(Cl)c(NC(=O)C2CC23CCNCC3)c1. The summed E-state index contributed by atoms with van der Waals surface area (Å²) in [6, 6.07) is 5.28. The summed E-state index contributed by atoms with van der Waals surface area (Å²) in [5.74, 6) is 0.908. The van der Waals surface area contributed by atoms with E-state index in [1.165, 1.54) is 0 Å². The van der Waals surface area contributed by atoms with Gasteiger partial charge in [0.1, 0.15) is 5.75 Å². The molecule has 1 aliphatic heterocycles. The number of anilines is 1. The van der Waals surface area contributed by atoms with Crippen molar-refractivity contribution < 1.29 is 9.53 Å². The van der Waals surface area contributed by atoms with Crippen molar-refractivity contribution >= 4 is 23.2 Å². The molecule has 0 radical (unpaired) electrons. The topological polar surface area (TPSA) is 50.4 Å². The highest BCUT2D eigenvalue weighted by Gasteiger charge is 2.57. The molecule has 1 heterocycles. The molecule has 1 aliphatic carbocycles. The van der Waals surface area contributed by atoms with Gasteiger partial charge in [-0.2, -0.15) is 0 Å². The van der Waals surface area contributed by atoms with E-state index in [0.717, 1.165) is 32.4 Å². The van der Waals surface area contributed by atoms with Crippen LogP contribution in [0.5, 0.6) is 5.75 Å². The van der Waals surface area contributed by atoms with Gasteiger partial charge in [-0.1, -0.05) is 11.6 Å². The molecule has 2 N–H and O–H groups in total. The minimum absolute atomic E-state index is 0.0852. The second-order valence-electron chi connectivity index (χ2n) is 5.70. The van der Waals surface area contributed by atoms with Gasteiger partial charge in [-0.25, -0.2) is 0 Å². The predicted molar refractivity (Wildman–Crippen MR) is 79.3 cm³/mol. The Balaban J connectivity index is 1.68.